The van der Waals surface area contributed by atoms with E-state index < -0.39 is 0 Å². The van der Waals surface area contributed by atoms with Gasteiger partial charge >= 0.3 is 0 Å². The molecule has 0 aromatic carbocycles. The van der Waals surface area contributed by atoms with Crippen molar-refractivity contribution in [1.82, 2.24) is 15.5 Å². The molecule has 2 bridgehead atoms. The largest absolute Gasteiger partial charge is 0.357 e. The normalized spacial score (nSPS) is 27.9. The number of guanidine groups is 1. The molecule has 28 heavy (non-hydrogen) atoms. The number of halogens is 1. The summed E-state index contributed by atoms with van der Waals surface area (Å²) in [6, 6.07) is 2.10. The minimum Gasteiger partial charge on any atom is -0.357 e. The third kappa shape index (κ3) is 3.85. The summed E-state index contributed by atoms with van der Waals surface area (Å²) < 4.78 is 0. The molecule has 2 heterocycles. The zero-order valence-electron chi connectivity index (χ0n) is 16.2. The number of amides is 2. The molecule has 152 valence electrons. The number of hydrogen-bond donors (Lipinski definition) is 2. The Morgan fingerprint density at radius 1 is 1.21 bits per heavy atom. The second kappa shape index (κ2) is 8.94. The molecule has 1 saturated heterocycles. The van der Waals surface area contributed by atoms with Crippen LogP contribution in [-0.4, -0.2) is 42.3 Å². The van der Waals surface area contributed by atoms with Gasteiger partial charge in [0.25, 0.3) is 0 Å². The summed E-state index contributed by atoms with van der Waals surface area (Å²) >= 11 is 1.70. The minimum absolute atomic E-state index is 0. The van der Waals surface area contributed by atoms with Gasteiger partial charge in [0.2, 0.25) is 11.8 Å². The number of nitrogens with zero attached hydrogens (tertiary/aromatic N) is 2. The van der Waals surface area contributed by atoms with Gasteiger partial charge in [-0.1, -0.05) is 12.2 Å². The SMILES string of the molecule is CCNC(=NCc1sccc1C)NCCN1C(=O)C2C3C=CC(C3)C2C1=O.I. The summed E-state index contributed by atoms with van der Waals surface area (Å²) in [5, 5.41) is 8.55. The van der Waals surface area contributed by atoms with Crippen molar-refractivity contribution < 1.29 is 9.59 Å². The molecule has 4 unspecified atom stereocenters. The number of thiophene rings is 1. The molecule has 0 radical (unpaired) electrons. The third-order valence-electron chi connectivity index (χ3n) is 5.88. The van der Waals surface area contributed by atoms with Gasteiger partial charge < -0.3 is 10.6 Å². The number of hydrogen-bond acceptors (Lipinski definition) is 4. The predicted octanol–water partition coefficient (Wildman–Crippen LogP) is 2.54. The lowest BCUT2D eigenvalue weighted by Crippen LogP contribution is -2.43. The molecule has 1 aliphatic heterocycles. The summed E-state index contributed by atoms with van der Waals surface area (Å²) in [6.07, 6.45) is 5.22. The minimum atomic E-state index is -0.115. The van der Waals surface area contributed by atoms with Crippen LogP contribution in [0.4, 0.5) is 0 Å². The van der Waals surface area contributed by atoms with E-state index in [0.717, 1.165) is 13.0 Å². The van der Waals surface area contributed by atoms with E-state index in [2.05, 4.69) is 46.1 Å². The highest BCUT2D eigenvalue weighted by molar-refractivity contribution is 14.0. The topological polar surface area (TPSA) is 73.8 Å². The zero-order valence-corrected chi connectivity index (χ0v) is 19.3. The summed E-state index contributed by atoms with van der Waals surface area (Å²) in [4.78, 5) is 32.7. The molecule has 8 heteroatoms. The van der Waals surface area contributed by atoms with Crippen LogP contribution in [0.15, 0.2) is 28.6 Å². The number of aliphatic imine (C=N–C) groups is 1. The lowest BCUT2D eigenvalue weighted by Gasteiger charge is -2.18. The Morgan fingerprint density at radius 3 is 2.46 bits per heavy atom. The first-order valence-corrected chi connectivity index (χ1v) is 10.6. The number of carbonyl (C=O) groups excluding carboxylic acids is 2. The highest BCUT2D eigenvalue weighted by Gasteiger charge is 2.58. The first-order valence-electron chi connectivity index (χ1n) is 9.68. The molecule has 1 saturated carbocycles. The fourth-order valence-corrected chi connectivity index (χ4v) is 5.36. The van der Waals surface area contributed by atoms with Crippen LogP contribution in [0.2, 0.25) is 0 Å². The maximum atomic E-state index is 12.7. The third-order valence-corrected chi connectivity index (χ3v) is 6.89. The van der Waals surface area contributed by atoms with Crippen LogP contribution in [0.3, 0.4) is 0 Å². The number of imide groups is 1. The average Bonchev–Trinajstić information content (AvgIpc) is 3.41. The first-order chi connectivity index (χ1) is 13.1. The molecule has 4 rings (SSSR count). The molecular weight excluding hydrogens is 487 g/mol. The summed E-state index contributed by atoms with van der Waals surface area (Å²) in [5.41, 5.74) is 1.25. The van der Waals surface area contributed by atoms with E-state index in [1.54, 1.807) is 11.3 Å². The standard InChI is InChI=1S/C20H26N4O2S.HI/c1-3-21-20(23-11-15-12(2)6-9-27-15)22-7-8-24-18(25)16-13-4-5-14(10-13)17(16)19(24)26;/h4-6,9,13-14,16-17H,3,7-8,10-11H2,1-2H3,(H2,21,22,23);1H. The van der Waals surface area contributed by atoms with Crippen LogP contribution in [0.1, 0.15) is 23.8 Å². The highest BCUT2D eigenvalue weighted by atomic mass is 127. The predicted molar refractivity (Wildman–Crippen MR) is 122 cm³/mol. The Kier molecular flexibility index (Phi) is 6.80. The molecule has 0 spiro atoms. The summed E-state index contributed by atoms with van der Waals surface area (Å²) in [5.74, 6) is 1.04. The van der Waals surface area contributed by atoms with E-state index >= 15 is 0 Å². The van der Waals surface area contributed by atoms with Gasteiger partial charge in [0.15, 0.2) is 5.96 Å². The van der Waals surface area contributed by atoms with Crippen molar-refractivity contribution in [2.24, 2.45) is 28.7 Å². The van der Waals surface area contributed by atoms with Crippen LogP contribution >= 0.6 is 35.3 Å². The zero-order chi connectivity index (χ0) is 19.0. The lowest BCUT2D eigenvalue weighted by atomic mass is 9.85. The number of rotatable bonds is 6. The monoisotopic (exact) mass is 514 g/mol. The molecule has 2 amide bonds. The van der Waals surface area contributed by atoms with Crippen LogP contribution in [0.25, 0.3) is 0 Å². The second-order valence-electron chi connectivity index (χ2n) is 7.48. The lowest BCUT2D eigenvalue weighted by molar-refractivity contribution is -0.140. The fourth-order valence-electron chi connectivity index (χ4n) is 4.53. The van der Waals surface area contributed by atoms with Gasteiger partial charge in [-0.15, -0.1) is 35.3 Å². The van der Waals surface area contributed by atoms with E-state index in [-0.39, 0.29) is 59.5 Å². The second-order valence-corrected chi connectivity index (χ2v) is 8.48. The summed E-state index contributed by atoms with van der Waals surface area (Å²) in [7, 11) is 0. The van der Waals surface area contributed by atoms with E-state index in [9.17, 15) is 9.59 Å². The van der Waals surface area contributed by atoms with Gasteiger partial charge in [0, 0.05) is 24.5 Å². The Bertz CT molecular complexity index is 776. The molecule has 3 aliphatic rings. The first kappa shape index (κ1) is 21.3. The van der Waals surface area contributed by atoms with Crippen molar-refractivity contribution >= 4 is 53.1 Å². The molecule has 1 aromatic heterocycles. The maximum Gasteiger partial charge on any atom is 0.233 e. The van der Waals surface area contributed by atoms with Crippen molar-refractivity contribution in [2.75, 3.05) is 19.6 Å². The van der Waals surface area contributed by atoms with E-state index in [4.69, 9.17) is 0 Å². The Morgan fingerprint density at radius 2 is 1.89 bits per heavy atom. The van der Waals surface area contributed by atoms with Crippen LogP contribution in [0, 0.1) is 30.6 Å². The Hall–Kier alpha value is -1.42. The smallest absolute Gasteiger partial charge is 0.233 e. The molecule has 2 fully saturated rings. The van der Waals surface area contributed by atoms with Gasteiger partial charge in [-0.25, -0.2) is 4.99 Å². The van der Waals surface area contributed by atoms with Gasteiger partial charge in [0.05, 0.1) is 18.4 Å². The molecule has 4 atom stereocenters. The number of aryl methyl sites for hydroxylation is 1. The van der Waals surface area contributed by atoms with Gasteiger partial charge in [-0.05, 0) is 49.1 Å². The molecule has 1 aromatic rings. The van der Waals surface area contributed by atoms with E-state index in [1.165, 1.54) is 15.3 Å². The number of carbonyl (C=O) groups is 2. The number of fused-ring (bicyclic) bond motifs is 5. The van der Waals surface area contributed by atoms with Gasteiger partial charge in [-0.2, -0.15) is 0 Å². The van der Waals surface area contributed by atoms with Crippen molar-refractivity contribution in [2.45, 2.75) is 26.8 Å². The van der Waals surface area contributed by atoms with Crippen LogP contribution in [-0.2, 0) is 16.1 Å². The van der Waals surface area contributed by atoms with Crippen molar-refractivity contribution in [3.05, 3.63) is 34.0 Å². The number of allylic oxidation sites excluding steroid dienone is 2. The van der Waals surface area contributed by atoms with Crippen LogP contribution in [0.5, 0.6) is 0 Å². The van der Waals surface area contributed by atoms with E-state index in [0.29, 0.717) is 25.6 Å². The highest BCUT2D eigenvalue weighted by Crippen LogP contribution is 2.52. The van der Waals surface area contributed by atoms with Gasteiger partial charge in [-0.3, -0.25) is 14.5 Å². The summed E-state index contributed by atoms with van der Waals surface area (Å²) in [6.45, 7) is 6.40. The number of likely N-dealkylation sites (tertiary alicyclic amines) is 1. The van der Waals surface area contributed by atoms with E-state index in [1.807, 2.05) is 6.92 Å². The Labute approximate surface area is 186 Å². The maximum absolute atomic E-state index is 12.7. The molecule has 2 aliphatic carbocycles. The van der Waals surface area contributed by atoms with Crippen LogP contribution < -0.4 is 10.6 Å². The average molecular weight is 514 g/mol. The van der Waals surface area contributed by atoms with Crippen molar-refractivity contribution in [3.63, 3.8) is 0 Å². The number of nitrogens with one attached hydrogen (secondary N) is 2. The van der Waals surface area contributed by atoms with Gasteiger partial charge in [0.1, 0.15) is 0 Å². The Balaban J connectivity index is 0.00000225. The molecule has 2 N–H and O–H groups in total. The molecule has 6 nitrogen and oxygen atoms in total. The quantitative estimate of drug-likeness (QED) is 0.201. The van der Waals surface area contributed by atoms with Crippen molar-refractivity contribution in [3.8, 4) is 0 Å². The fraction of sp³-hybridized carbons (Fsp3) is 0.550. The molecular formula is C20H27IN4O2S. The van der Waals surface area contributed by atoms with Crippen molar-refractivity contribution in [1.29, 1.82) is 0 Å².